The predicted molar refractivity (Wildman–Crippen MR) is 97.8 cm³/mol. The van der Waals surface area contributed by atoms with E-state index in [2.05, 4.69) is 22.8 Å². The first kappa shape index (κ1) is 18.1. The van der Waals surface area contributed by atoms with Gasteiger partial charge in [0.1, 0.15) is 11.4 Å². The molecule has 3 atom stereocenters. The maximum absolute atomic E-state index is 12.0. The zero-order valence-electron chi connectivity index (χ0n) is 15.5. The fraction of sp³-hybridized carbons (Fsp3) is 0.650. The molecule has 2 aliphatic rings. The Kier molecular flexibility index (Phi) is 5.52. The van der Waals surface area contributed by atoms with E-state index in [1.54, 1.807) is 0 Å². The minimum atomic E-state index is -0.456. The van der Waals surface area contributed by atoms with E-state index in [4.69, 9.17) is 9.47 Å². The number of fused-ring (bicyclic) bond motifs is 1. The molecule has 0 radical (unpaired) electrons. The molecule has 1 saturated carbocycles. The quantitative estimate of drug-likeness (QED) is 0.870. The number of ether oxygens (including phenoxy) is 2. The number of nitrogens with one attached hydrogen (secondary N) is 2. The van der Waals surface area contributed by atoms with Gasteiger partial charge in [0.25, 0.3) is 0 Å². The summed E-state index contributed by atoms with van der Waals surface area (Å²) >= 11 is 0. The van der Waals surface area contributed by atoms with Crippen molar-refractivity contribution in [1.29, 1.82) is 0 Å². The summed E-state index contributed by atoms with van der Waals surface area (Å²) in [6.45, 7) is 6.42. The lowest BCUT2D eigenvalue weighted by Crippen LogP contribution is -2.46. The number of amides is 1. The van der Waals surface area contributed by atoms with Gasteiger partial charge in [0.05, 0.1) is 6.61 Å². The smallest absolute Gasteiger partial charge is 0.407 e. The third-order valence-corrected chi connectivity index (χ3v) is 4.79. The first-order chi connectivity index (χ1) is 11.9. The van der Waals surface area contributed by atoms with Gasteiger partial charge in [0.15, 0.2) is 0 Å². The van der Waals surface area contributed by atoms with E-state index in [9.17, 15) is 4.79 Å². The molecule has 1 aromatic carbocycles. The monoisotopic (exact) mass is 346 g/mol. The number of carbonyl (C=O) groups excluding carboxylic acids is 1. The SMILES string of the molecule is CC(C)(C)OC(=O)NC1CCCC(NC2CCOc3ccccc32)C1. The van der Waals surface area contributed by atoms with E-state index in [1.165, 1.54) is 5.56 Å². The van der Waals surface area contributed by atoms with Crippen LogP contribution in [0, 0.1) is 0 Å². The highest BCUT2D eigenvalue weighted by Crippen LogP contribution is 2.33. The molecular weight excluding hydrogens is 316 g/mol. The van der Waals surface area contributed by atoms with Crippen LogP contribution in [0.15, 0.2) is 24.3 Å². The van der Waals surface area contributed by atoms with Crippen LogP contribution in [0.4, 0.5) is 4.79 Å². The Balaban J connectivity index is 1.55. The van der Waals surface area contributed by atoms with Crippen molar-refractivity contribution in [2.24, 2.45) is 0 Å². The van der Waals surface area contributed by atoms with Crippen LogP contribution in [-0.2, 0) is 4.74 Å². The second kappa shape index (κ2) is 7.65. The highest BCUT2D eigenvalue weighted by molar-refractivity contribution is 5.68. The molecule has 5 nitrogen and oxygen atoms in total. The lowest BCUT2D eigenvalue weighted by Gasteiger charge is -2.35. The number of carbonyl (C=O) groups is 1. The van der Waals surface area contributed by atoms with E-state index in [0.29, 0.717) is 12.1 Å². The first-order valence-electron chi connectivity index (χ1n) is 9.38. The molecule has 0 spiro atoms. The lowest BCUT2D eigenvalue weighted by atomic mass is 9.89. The molecule has 0 saturated heterocycles. The van der Waals surface area contributed by atoms with Crippen LogP contribution in [0.25, 0.3) is 0 Å². The van der Waals surface area contributed by atoms with Crippen molar-refractivity contribution in [2.75, 3.05) is 6.61 Å². The first-order valence-corrected chi connectivity index (χ1v) is 9.38. The van der Waals surface area contributed by atoms with Crippen molar-refractivity contribution in [3.05, 3.63) is 29.8 Å². The Hall–Kier alpha value is -1.75. The van der Waals surface area contributed by atoms with Crippen LogP contribution in [0.5, 0.6) is 5.75 Å². The molecule has 3 rings (SSSR count). The summed E-state index contributed by atoms with van der Waals surface area (Å²) in [6, 6.07) is 9.18. The fourth-order valence-electron chi connectivity index (χ4n) is 3.75. The third kappa shape index (κ3) is 5.11. The molecule has 5 heteroatoms. The van der Waals surface area contributed by atoms with Crippen LogP contribution in [-0.4, -0.2) is 30.4 Å². The Labute approximate surface area is 150 Å². The van der Waals surface area contributed by atoms with Crippen molar-refractivity contribution in [2.45, 2.75) is 76.6 Å². The zero-order chi connectivity index (χ0) is 17.9. The van der Waals surface area contributed by atoms with Gasteiger partial charge in [-0.2, -0.15) is 0 Å². The van der Waals surface area contributed by atoms with Crippen LogP contribution in [0.3, 0.4) is 0 Å². The molecule has 1 aliphatic carbocycles. The van der Waals surface area contributed by atoms with Crippen molar-refractivity contribution >= 4 is 6.09 Å². The Morgan fingerprint density at radius 2 is 1.92 bits per heavy atom. The number of rotatable bonds is 3. The van der Waals surface area contributed by atoms with E-state index in [-0.39, 0.29) is 12.1 Å². The summed E-state index contributed by atoms with van der Waals surface area (Å²) in [7, 11) is 0. The standard InChI is InChI=1S/C20H30N2O3/c1-20(2,3)25-19(23)22-15-8-6-7-14(13-15)21-17-11-12-24-18-10-5-4-9-16(17)18/h4-5,9-10,14-15,17,21H,6-8,11-13H2,1-3H3,(H,22,23). The van der Waals surface area contributed by atoms with Crippen molar-refractivity contribution in [1.82, 2.24) is 10.6 Å². The van der Waals surface area contributed by atoms with E-state index < -0.39 is 5.60 Å². The van der Waals surface area contributed by atoms with Gasteiger partial charge >= 0.3 is 6.09 Å². The molecule has 0 bridgehead atoms. The second-order valence-corrected chi connectivity index (χ2v) is 8.10. The van der Waals surface area contributed by atoms with Crippen molar-refractivity contribution in [3.63, 3.8) is 0 Å². The minimum Gasteiger partial charge on any atom is -0.493 e. The Bertz CT molecular complexity index is 597. The molecule has 0 aromatic heterocycles. The van der Waals surface area contributed by atoms with Gasteiger partial charge in [-0.15, -0.1) is 0 Å². The maximum Gasteiger partial charge on any atom is 0.407 e. The molecule has 1 fully saturated rings. The van der Waals surface area contributed by atoms with Crippen LogP contribution >= 0.6 is 0 Å². The largest absolute Gasteiger partial charge is 0.493 e. The average Bonchev–Trinajstić information content (AvgIpc) is 2.54. The van der Waals surface area contributed by atoms with E-state index >= 15 is 0 Å². The second-order valence-electron chi connectivity index (χ2n) is 8.10. The molecular formula is C20H30N2O3. The number of alkyl carbamates (subject to hydrolysis) is 1. The summed E-state index contributed by atoms with van der Waals surface area (Å²) in [5, 5.41) is 6.83. The van der Waals surface area contributed by atoms with Gasteiger partial charge in [-0.25, -0.2) is 4.79 Å². The highest BCUT2D eigenvalue weighted by atomic mass is 16.6. The van der Waals surface area contributed by atoms with Crippen LogP contribution in [0.2, 0.25) is 0 Å². The molecule has 3 unspecified atom stereocenters. The van der Waals surface area contributed by atoms with E-state index in [0.717, 1.165) is 44.5 Å². The molecule has 1 aliphatic heterocycles. The molecule has 2 N–H and O–H groups in total. The van der Waals surface area contributed by atoms with Crippen LogP contribution < -0.4 is 15.4 Å². The minimum absolute atomic E-state index is 0.177. The Morgan fingerprint density at radius 1 is 1.16 bits per heavy atom. The topological polar surface area (TPSA) is 59.6 Å². The molecule has 1 amide bonds. The number of benzene rings is 1. The predicted octanol–water partition coefficient (Wildman–Crippen LogP) is 3.94. The van der Waals surface area contributed by atoms with Crippen molar-refractivity contribution < 1.29 is 14.3 Å². The van der Waals surface area contributed by atoms with Gasteiger partial charge in [-0.05, 0) is 52.5 Å². The van der Waals surface area contributed by atoms with E-state index in [1.807, 2.05) is 32.9 Å². The summed E-state index contributed by atoms with van der Waals surface area (Å²) in [5.74, 6) is 0.991. The summed E-state index contributed by atoms with van der Waals surface area (Å²) in [6.07, 6.45) is 4.89. The molecule has 25 heavy (non-hydrogen) atoms. The summed E-state index contributed by atoms with van der Waals surface area (Å²) < 4.78 is 11.1. The fourth-order valence-corrected chi connectivity index (χ4v) is 3.75. The number of hydrogen-bond acceptors (Lipinski definition) is 4. The van der Waals surface area contributed by atoms with Gasteiger partial charge in [0.2, 0.25) is 0 Å². The Morgan fingerprint density at radius 3 is 2.72 bits per heavy atom. The number of para-hydroxylation sites is 1. The summed E-state index contributed by atoms with van der Waals surface area (Å²) in [5.41, 5.74) is 0.790. The third-order valence-electron chi connectivity index (χ3n) is 4.79. The van der Waals surface area contributed by atoms with Crippen LogP contribution in [0.1, 0.15) is 64.5 Å². The lowest BCUT2D eigenvalue weighted by molar-refractivity contribution is 0.0487. The average molecular weight is 346 g/mol. The zero-order valence-corrected chi connectivity index (χ0v) is 15.5. The van der Waals surface area contributed by atoms with Gasteiger partial charge in [-0.3, -0.25) is 0 Å². The highest BCUT2D eigenvalue weighted by Gasteiger charge is 2.29. The summed E-state index contributed by atoms with van der Waals surface area (Å²) in [4.78, 5) is 12.0. The van der Waals surface area contributed by atoms with Crippen molar-refractivity contribution in [3.8, 4) is 5.75 Å². The molecule has 1 aromatic rings. The number of hydrogen-bond donors (Lipinski definition) is 2. The molecule has 138 valence electrons. The van der Waals surface area contributed by atoms with Gasteiger partial charge in [0, 0.05) is 30.1 Å². The molecule has 1 heterocycles. The van der Waals surface area contributed by atoms with Gasteiger partial charge < -0.3 is 20.1 Å². The normalized spacial score (nSPS) is 26.3. The van der Waals surface area contributed by atoms with Gasteiger partial charge in [-0.1, -0.05) is 18.2 Å². The maximum atomic E-state index is 12.0.